The molecule has 4 bridgehead atoms. The number of nitrogens with one attached hydrogen (secondary N) is 1. The topological polar surface area (TPSA) is 68.1 Å². The van der Waals surface area contributed by atoms with Crippen molar-refractivity contribution in [3.8, 4) is 22.1 Å². The number of ether oxygens (including phenoxy) is 1. The Labute approximate surface area is 270 Å². The van der Waals surface area contributed by atoms with E-state index in [1.807, 2.05) is 12.1 Å². The van der Waals surface area contributed by atoms with Crippen LogP contribution in [0.2, 0.25) is 0 Å². The van der Waals surface area contributed by atoms with Gasteiger partial charge in [-0.3, -0.25) is 0 Å². The normalized spacial score (nSPS) is 19.4. The first-order chi connectivity index (χ1) is 21.6. The zero-order chi connectivity index (χ0) is 31.6. The molecule has 1 aromatic carbocycles. The standard InChI is InChI=1S/C33H39F3N6OS2/c1-22-19-24(22)20-41-17-9-5-4-6-11-23-12-7-8-13-25(23)29-30(44-31(38-29)40-45-28-15-10-14-26(41)37-28)42-18-16-27(39-42)43-21-32(2,3)33(34,35)36/h7-8,10,12-16,18,22,24H,4-6,9,11,17,19-21H2,1-3H3,(H,38,40). The molecule has 0 amide bonds. The van der Waals surface area contributed by atoms with Crippen LogP contribution in [-0.4, -0.2) is 45.6 Å². The number of rotatable bonds is 6. The lowest BCUT2D eigenvalue weighted by Crippen LogP contribution is -2.37. The molecule has 2 aliphatic rings. The number of pyridine rings is 1. The SMILES string of the molecule is CC1CC1CN1CCCCCCc2ccccc2-c2nc(sc2-n2ccc(OCC(C)(C)C(F)(F)F)n2)NSc2cccc1n2. The maximum Gasteiger partial charge on any atom is 0.397 e. The first-order valence-electron chi connectivity index (χ1n) is 15.6. The van der Waals surface area contributed by atoms with Gasteiger partial charge in [0.05, 0.1) is 5.41 Å². The summed E-state index contributed by atoms with van der Waals surface area (Å²) in [5, 5.41) is 6.79. The summed E-state index contributed by atoms with van der Waals surface area (Å²) in [6.07, 6.45) is 4.02. The molecule has 1 N–H and O–H groups in total. The van der Waals surface area contributed by atoms with Crippen LogP contribution < -0.4 is 14.4 Å². The van der Waals surface area contributed by atoms with Crippen LogP contribution in [0, 0.1) is 17.3 Å². The van der Waals surface area contributed by atoms with Crippen molar-refractivity contribution in [3.05, 3.63) is 60.3 Å². The highest BCUT2D eigenvalue weighted by molar-refractivity contribution is 8.00. The number of thiazole rings is 1. The van der Waals surface area contributed by atoms with E-state index in [0.717, 1.165) is 98.0 Å². The zero-order valence-electron chi connectivity index (χ0n) is 25.8. The number of aryl methyl sites for hydroxylation is 1. The van der Waals surface area contributed by atoms with Crippen LogP contribution in [-0.2, 0) is 6.42 Å². The summed E-state index contributed by atoms with van der Waals surface area (Å²) >= 11 is 2.84. The Kier molecular flexibility index (Phi) is 9.33. The Hall–Kier alpha value is -3.25. The smallest absolute Gasteiger partial charge is 0.397 e. The predicted molar refractivity (Wildman–Crippen MR) is 175 cm³/mol. The summed E-state index contributed by atoms with van der Waals surface area (Å²) in [5.41, 5.74) is 0.992. The first kappa shape index (κ1) is 31.7. The molecular weight excluding hydrogens is 618 g/mol. The summed E-state index contributed by atoms with van der Waals surface area (Å²) < 4.78 is 50.7. The van der Waals surface area contributed by atoms with Crippen LogP contribution in [0.4, 0.5) is 24.1 Å². The van der Waals surface area contributed by atoms with E-state index in [1.54, 1.807) is 16.9 Å². The van der Waals surface area contributed by atoms with E-state index >= 15 is 0 Å². The molecule has 1 aliphatic heterocycles. The van der Waals surface area contributed by atoms with Crippen molar-refractivity contribution in [1.29, 1.82) is 0 Å². The number of benzene rings is 1. The highest BCUT2D eigenvalue weighted by Gasteiger charge is 2.48. The fourth-order valence-corrected chi connectivity index (χ4v) is 7.01. The second-order valence-electron chi connectivity index (χ2n) is 12.7. The van der Waals surface area contributed by atoms with Gasteiger partial charge in [0.2, 0.25) is 5.88 Å². The van der Waals surface area contributed by atoms with Crippen LogP contribution >= 0.6 is 23.3 Å². The zero-order valence-corrected chi connectivity index (χ0v) is 27.4. The average Bonchev–Trinajstić information content (AvgIpc) is 3.34. The maximum absolute atomic E-state index is 13.4. The van der Waals surface area contributed by atoms with Gasteiger partial charge >= 0.3 is 6.18 Å². The molecule has 0 saturated heterocycles. The molecule has 1 aliphatic carbocycles. The fourth-order valence-electron chi connectivity index (χ4n) is 5.43. The van der Waals surface area contributed by atoms with Crippen molar-refractivity contribution in [2.75, 3.05) is 29.3 Å². The highest BCUT2D eigenvalue weighted by Crippen LogP contribution is 2.41. The fraction of sp³-hybridized carbons (Fsp3) is 0.485. The van der Waals surface area contributed by atoms with Crippen molar-refractivity contribution in [3.63, 3.8) is 0 Å². The lowest BCUT2D eigenvalue weighted by molar-refractivity contribution is -0.219. The molecule has 0 radical (unpaired) electrons. The van der Waals surface area contributed by atoms with Gasteiger partial charge in [0.25, 0.3) is 0 Å². The molecular formula is C33H39F3N6OS2. The van der Waals surface area contributed by atoms with Crippen molar-refractivity contribution in [2.24, 2.45) is 17.3 Å². The average molecular weight is 657 g/mol. The number of fused-ring (bicyclic) bond motifs is 6. The molecule has 2 atom stereocenters. The molecule has 1 saturated carbocycles. The van der Waals surface area contributed by atoms with E-state index < -0.39 is 18.2 Å². The van der Waals surface area contributed by atoms with Gasteiger partial charge in [-0.1, -0.05) is 61.4 Å². The summed E-state index contributed by atoms with van der Waals surface area (Å²) in [7, 11) is 0. The number of hydrogen-bond donors (Lipinski definition) is 1. The molecule has 7 nitrogen and oxygen atoms in total. The van der Waals surface area contributed by atoms with Crippen molar-refractivity contribution in [1.82, 2.24) is 19.7 Å². The number of halogens is 3. The molecule has 12 heteroatoms. The second-order valence-corrected chi connectivity index (χ2v) is 14.5. The molecule has 1 fully saturated rings. The molecule has 240 valence electrons. The van der Waals surface area contributed by atoms with Crippen LogP contribution in [0.15, 0.2) is 59.8 Å². The quantitative estimate of drug-likeness (QED) is 0.208. The highest BCUT2D eigenvalue weighted by atomic mass is 32.2. The van der Waals surface area contributed by atoms with Gasteiger partial charge < -0.3 is 14.4 Å². The van der Waals surface area contributed by atoms with Crippen molar-refractivity contribution < 1.29 is 17.9 Å². The summed E-state index contributed by atoms with van der Waals surface area (Å²) in [5.74, 6) is 2.66. The third-order valence-electron chi connectivity index (χ3n) is 8.63. The van der Waals surface area contributed by atoms with E-state index in [1.165, 1.54) is 35.3 Å². The van der Waals surface area contributed by atoms with E-state index in [2.05, 4.69) is 52.0 Å². The molecule has 6 rings (SSSR count). The summed E-state index contributed by atoms with van der Waals surface area (Å²) in [6.45, 7) is 6.10. The summed E-state index contributed by atoms with van der Waals surface area (Å²) in [6, 6.07) is 16.0. The Morgan fingerprint density at radius 1 is 1.00 bits per heavy atom. The molecule has 4 aromatic rings. The number of nitrogens with zero attached hydrogens (tertiary/aromatic N) is 5. The second kappa shape index (κ2) is 13.2. The first-order valence-corrected chi connectivity index (χ1v) is 17.2. The van der Waals surface area contributed by atoms with Gasteiger partial charge in [0.1, 0.15) is 28.1 Å². The van der Waals surface area contributed by atoms with E-state index in [-0.39, 0.29) is 5.88 Å². The van der Waals surface area contributed by atoms with Gasteiger partial charge in [0.15, 0.2) is 5.13 Å². The molecule has 45 heavy (non-hydrogen) atoms. The third kappa shape index (κ3) is 7.60. The minimum Gasteiger partial charge on any atom is -0.476 e. The van der Waals surface area contributed by atoms with Crippen molar-refractivity contribution >= 4 is 34.2 Å². The van der Waals surface area contributed by atoms with Gasteiger partial charge in [0, 0.05) is 42.9 Å². The molecule has 2 unspecified atom stereocenters. The van der Waals surface area contributed by atoms with E-state index in [9.17, 15) is 13.2 Å². The Balaban J connectivity index is 1.30. The molecule has 4 heterocycles. The van der Waals surface area contributed by atoms with Gasteiger partial charge in [-0.05, 0) is 69.1 Å². The molecule has 3 aromatic heterocycles. The Morgan fingerprint density at radius 3 is 2.60 bits per heavy atom. The lowest BCUT2D eigenvalue weighted by atomic mass is 9.94. The molecule has 0 spiro atoms. The number of aromatic nitrogens is 4. The minimum atomic E-state index is -4.39. The van der Waals surface area contributed by atoms with E-state index in [0.29, 0.717) is 5.13 Å². The van der Waals surface area contributed by atoms with E-state index in [4.69, 9.17) is 14.7 Å². The van der Waals surface area contributed by atoms with Gasteiger partial charge in [-0.25, -0.2) is 14.6 Å². The third-order valence-corrected chi connectivity index (χ3v) is 10.5. The minimum absolute atomic E-state index is 0.129. The van der Waals surface area contributed by atoms with Crippen LogP contribution in [0.3, 0.4) is 0 Å². The predicted octanol–water partition coefficient (Wildman–Crippen LogP) is 9.06. The van der Waals surface area contributed by atoms with Crippen LogP contribution in [0.5, 0.6) is 5.88 Å². The van der Waals surface area contributed by atoms with Gasteiger partial charge in [-0.15, -0.1) is 5.10 Å². The number of alkyl halides is 3. The number of hydrogen-bond acceptors (Lipinski definition) is 8. The van der Waals surface area contributed by atoms with Crippen molar-refractivity contribution in [2.45, 2.75) is 70.5 Å². The summed E-state index contributed by atoms with van der Waals surface area (Å²) in [4.78, 5) is 12.5. The van der Waals surface area contributed by atoms with Crippen LogP contribution in [0.25, 0.3) is 16.3 Å². The Morgan fingerprint density at radius 2 is 1.80 bits per heavy atom. The monoisotopic (exact) mass is 656 g/mol. The maximum atomic E-state index is 13.4. The lowest BCUT2D eigenvalue weighted by Gasteiger charge is -2.26. The largest absolute Gasteiger partial charge is 0.476 e. The number of anilines is 2. The van der Waals surface area contributed by atoms with Crippen LogP contribution in [0.1, 0.15) is 58.4 Å². The van der Waals surface area contributed by atoms with Gasteiger partial charge in [-0.2, -0.15) is 13.2 Å². The Bertz CT molecular complexity index is 1600.